The first-order chi connectivity index (χ1) is 12.1. The minimum Gasteiger partial charge on any atom is -0.339 e. The summed E-state index contributed by atoms with van der Waals surface area (Å²) < 4.78 is 5.44. The van der Waals surface area contributed by atoms with E-state index in [0.29, 0.717) is 5.13 Å². The van der Waals surface area contributed by atoms with Gasteiger partial charge in [0.15, 0.2) is 11.0 Å². The van der Waals surface area contributed by atoms with Crippen molar-refractivity contribution in [3.8, 4) is 0 Å². The van der Waals surface area contributed by atoms with E-state index >= 15 is 0 Å². The van der Waals surface area contributed by atoms with Crippen molar-refractivity contribution in [2.24, 2.45) is 0 Å². The molecule has 0 aromatic carbocycles. The summed E-state index contributed by atoms with van der Waals surface area (Å²) in [5.74, 6) is 2.10. The first-order valence-corrected chi connectivity index (χ1v) is 9.74. The molecule has 0 aliphatic carbocycles. The van der Waals surface area contributed by atoms with E-state index in [2.05, 4.69) is 39.2 Å². The number of nitrogens with one attached hydrogen (secondary N) is 1. The summed E-state index contributed by atoms with van der Waals surface area (Å²) in [6, 6.07) is -0.126. The summed E-state index contributed by atoms with van der Waals surface area (Å²) in [5.41, 5.74) is 0. The van der Waals surface area contributed by atoms with Gasteiger partial charge in [-0.05, 0) is 32.4 Å². The lowest BCUT2D eigenvalue weighted by molar-refractivity contribution is -0.121. The number of carbonyl (C=O) groups excluding carboxylic acids is 1. The molecule has 1 fully saturated rings. The molecule has 1 aliphatic heterocycles. The maximum atomic E-state index is 12.5. The quantitative estimate of drug-likeness (QED) is 0.848. The number of thiazole rings is 1. The van der Waals surface area contributed by atoms with Crippen molar-refractivity contribution in [2.75, 3.05) is 18.4 Å². The van der Waals surface area contributed by atoms with Gasteiger partial charge in [-0.1, -0.05) is 25.9 Å². The normalized spacial score (nSPS) is 17.8. The lowest BCUT2D eigenvalue weighted by Gasteiger charge is -2.35. The van der Waals surface area contributed by atoms with Gasteiger partial charge in [-0.2, -0.15) is 4.98 Å². The highest BCUT2D eigenvalue weighted by atomic mass is 32.1. The number of amides is 1. The largest absolute Gasteiger partial charge is 0.339 e. The fraction of sp³-hybridized carbons (Fsp3) is 0.647. The molecular formula is C17H25N5O2S. The summed E-state index contributed by atoms with van der Waals surface area (Å²) in [4.78, 5) is 23.4. The zero-order valence-corrected chi connectivity index (χ0v) is 15.8. The van der Waals surface area contributed by atoms with E-state index < -0.39 is 0 Å². The molecule has 0 saturated carbocycles. The van der Waals surface area contributed by atoms with Gasteiger partial charge in [0.05, 0.1) is 6.04 Å². The molecule has 3 rings (SSSR count). The Morgan fingerprint density at radius 3 is 2.76 bits per heavy atom. The second-order valence-corrected chi connectivity index (χ2v) is 7.60. The number of nitrogens with zero attached hydrogens (tertiary/aromatic N) is 4. The van der Waals surface area contributed by atoms with Crippen molar-refractivity contribution in [2.45, 2.75) is 57.9 Å². The minimum absolute atomic E-state index is 0.0239. The fourth-order valence-corrected chi connectivity index (χ4v) is 3.72. The van der Waals surface area contributed by atoms with Crippen molar-refractivity contribution < 1.29 is 9.32 Å². The molecule has 2 aromatic heterocycles. The summed E-state index contributed by atoms with van der Waals surface area (Å²) in [6.45, 7) is 7.88. The molecule has 0 radical (unpaired) electrons. The second kappa shape index (κ2) is 8.05. The van der Waals surface area contributed by atoms with E-state index in [1.165, 1.54) is 11.3 Å². The average molecular weight is 363 g/mol. The van der Waals surface area contributed by atoms with E-state index in [1.54, 1.807) is 6.20 Å². The number of anilines is 1. The van der Waals surface area contributed by atoms with E-state index in [4.69, 9.17) is 4.52 Å². The zero-order valence-electron chi connectivity index (χ0n) is 14.9. The van der Waals surface area contributed by atoms with Gasteiger partial charge >= 0.3 is 0 Å². The molecule has 25 heavy (non-hydrogen) atoms. The molecule has 1 saturated heterocycles. The first kappa shape index (κ1) is 18.0. The minimum atomic E-state index is -0.126. The van der Waals surface area contributed by atoms with Gasteiger partial charge in [0, 0.05) is 23.4 Å². The maximum Gasteiger partial charge on any atom is 0.243 e. The molecule has 136 valence electrons. The van der Waals surface area contributed by atoms with Crippen LogP contribution in [0.15, 0.2) is 16.1 Å². The van der Waals surface area contributed by atoms with Crippen LogP contribution in [0.4, 0.5) is 5.13 Å². The summed E-state index contributed by atoms with van der Waals surface area (Å²) in [5, 5.41) is 9.49. The van der Waals surface area contributed by atoms with Crippen LogP contribution >= 0.6 is 11.3 Å². The summed E-state index contributed by atoms with van der Waals surface area (Å²) in [6.07, 6.45) is 4.34. The Kier molecular flexibility index (Phi) is 5.80. The van der Waals surface area contributed by atoms with Gasteiger partial charge in [-0.15, -0.1) is 11.3 Å². The highest BCUT2D eigenvalue weighted by Gasteiger charge is 2.31. The lowest BCUT2D eigenvalue weighted by Crippen LogP contribution is -2.47. The van der Waals surface area contributed by atoms with Gasteiger partial charge in [0.1, 0.15) is 0 Å². The van der Waals surface area contributed by atoms with Crippen LogP contribution in [-0.4, -0.2) is 45.1 Å². The predicted octanol–water partition coefficient (Wildman–Crippen LogP) is 3.25. The molecule has 7 nitrogen and oxygen atoms in total. The third kappa shape index (κ3) is 4.24. The summed E-state index contributed by atoms with van der Waals surface area (Å²) in [7, 11) is 0. The highest BCUT2D eigenvalue weighted by Crippen LogP contribution is 2.29. The molecule has 1 N–H and O–H groups in total. The van der Waals surface area contributed by atoms with Crippen LogP contribution in [0.5, 0.6) is 0 Å². The predicted molar refractivity (Wildman–Crippen MR) is 96.8 cm³/mol. The molecule has 8 heteroatoms. The number of rotatable bonds is 6. The Bertz CT molecular complexity index is 677. The molecular weight excluding hydrogens is 338 g/mol. The van der Waals surface area contributed by atoms with Crippen LogP contribution in [-0.2, 0) is 4.79 Å². The number of hydrogen-bond acceptors (Lipinski definition) is 7. The van der Waals surface area contributed by atoms with Crippen LogP contribution in [0.3, 0.4) is 0 Å². The molecule has 3 heterocycles. The Balaban J connectivity index is 1.57. The van der Waals surface area contributed by atoms with Crippen LogP contribution in [0, 0.1) is 0 Å². The molecule has 1 amide bonds. The maximum absolute atomic E-state index is 12.5. The van der Waals surface area contributed by atoms with Crippen LogP contribution in [0.2, 0.25) is 0 Å². The summed E-state index contributed by atoms with van der Waals surface area (Å²) >= 11 is 1.44. The number of carbonyl (C=O) groups is 1. The van der Waals surface area contributed by atoms with Gasteiger partial charge in [0.2, 0.25) is 11.8 Å². The number of piperidine rings is 1. The van der Waals surface area contributed by atoms with Crippen LogP contribution < -0.4 is 5.32 Å². The number of aromatic nitrogens is 3. The Morgan fingerprint density at radius 2 is 2.20 bits per heavy atom. The topological polar surface area (TPSA) is 84.2 Å². The SMILES string of the molecule is CCC(C(=O)Nc1nccs1)N1CCC(c2nc(C(C)C)no2)CC1. The molecule has 0 bridgehead atoms. The van der Waals surface area contributed by atoms with Crippen LogP contribution in [0.25, 0.3) is 0 Å². The van der Waals surface area contributed by atoms with Gasteiger partial charge in [-0.3, -0.25) is 9.69 Å². The van der Waals surface area contributed by atoms with E-state index in [0.717, 1.165) is 44.1 Å². The highest BCUT2D eigenvalue weighted by molar-refractivity contribution is 7.13. The van der Waals surface area contributed by atoms with Crippen molar-refractivity contribution in [3.05, 3.63) is 23.3 Å². The Hall–Kier alpha value is -1.80. The number of likely N-dealkylation sites (tertiary alicyclic amines) is 1. The molecule has 2 aromatic rings. The zero-order chi connectivity index (χ0) is 17.8. The van der Waals surface area contributed by atoms with Crippen LogP contribution in [0.1, 0.15) is 63.6 Å². The smallest absolute Gasteiger partial charge is 0.243 e. The second-order valence-electron chi connectivity index (χ2n) is 6.71. The monoisotopic (exact) mass is 363 g/mol. The molecule has 0 spiro atoms. The fourth-order valence-electron chi connectivity index (χ4n) is 3.19. The Morgan fingerprint density at radius 1 is 1.44 bits per heavy atom. The van der Waals surface area contributed by atoms with Crippen molar-refractivity contribution >= 4 is 22.4 Å². The standard InChI is InChI=1S/C17H25N5O2S/c1-4-13(15(23)20-17-18-7-10-25-17)22-8-5-12(6-9-22)16-19-14(11(2)3)21-24-16/h7,10-13H,4-6,8-9H2,1-3H3,(H,18,20,23). The average Bonchev–Trinajstić information content (AvgIpc) is 3.27. The molecule has 1 aliphatic rings. The van der Waals surface area contributed by atoms with Gasteiger partial charge in [0.25, 0.3) is 0 Å². The van der Waals surface area contributed by atoms with Crippen molar-refractivity contribution in [1.29, 1.82) is 0 Å². The molecule has 1 unspecified atom stereocenters. The lowest BCUT2D eigenvalue weighted by atomic mass is 9.95. The van der Waals surface area contributed by atoms with Gasteiger partial charge < -0.3 is 9.84 Å². The third-order valence-corrected chi connectivity index (χ3v) is 5.33. The van der Waals surface area contributed by atoms with E-state index in [-0.39, 0.29) is 23.8 Å². The van der Waals surface area contributed by atoms with E-state index in [1.807, 2.05) is 12.3 Å². The molecule has 1 atom stereocenters. The third-order valence-electron chi connectivity index (χ3n) is 4.65. The van der Waals surface area contributed by atoms with Crippen molar-refractivity contribution in [3.63, 3.8) is 0 Å². The van der Waals surface area contributed by atoms with E-state index in [9.17, 15) is 4.79 Å². The first-order valence-electron chi connectivity index (χ1n) is 8.86. The van der Waals surface area contributed by atoms with Gasteiger partial charge in [-0.25, -0.2) is 4.98 Å². The number of hydrogen-bond donors (Lipinski definition) is 1. The Labute approximate surface area is 151 Å². The van der Waals surface area contributed by atoms with Crippen molar-refractivity contribution in [1.82, 2.24) is 20.0 Å².